The lowest BCUT2D eigenvalue weighted by molar-refractivity contribution is -0.120. The minimum atomic E-state index is 0.0281. The Morgan fingerprint density at radius 1 is 1.27 bits per heavy atom. The predicted molar refractivity (Wildman–Crippen MR) is 101 cm³/mol. The number of aromatic nitrogens is 1. The lowest BCUT2D eigenvalue weighted by atomic mass is 10.1. The number of carbonyl (C=O) groups excluding carboxylic acids is 1. The molecular formula is C21H22N2O3. The first kappa shape index (κ1) is 16.5. The first-order valence-corrected chi connectivity index (χ1v) is 8.88. The minimum absolute atomic E-state index is 0.0281. The van der Waals surface area contributed by atoms with Crippen LogP contribution in [0.25, 0.3) is 10.9 Å². The van der Waals surface area contributed by atoms with E-state index in [1.165, 1.54) is 11.1 Å². The Hall–Kier alpha value is -2.95. The van der Waals surface area contributed by atoms with Gasteiger partial charge in [0.15, 0.2) is 0 Å². The van der Waals surface area contributed by atoms with Crippen molar-refractivity contribution in [3.63, 3.8) is 0 Å². The summed E-state index contributed by atoms with van der Waals surface area (Å²) in [5.74, 6) is 1.78. The van der Waals surface area contributed by atoms with E-state index in [4.69, 9.17) is 9.47 Å². The van der Waals surface area contributed by atoms with E-state index < -0.39 is 0 Å². The zero-order chi connectivity index (χ0) is 17.9. The zero-order valence-corrected chi connectivity index (χ0v) is 14.8. The molecule has 0 aliphatic carbocycles. The van der Waals surface area contributed by atoms with Gasteiger partial charge in [0.05, 0.1) is 20.1 Å². The minimum Gasteiger partial charge on any atom is -0.497 e. The van der Waals surface area contributed by atoms with Crippen LogP contribution in [0.3, 0.4) is 0 Å². The molecule has 1 aliphatic rings. The summed E-state index contributed by atoms with van der Waals surface area (Å²) in [6, 6.07) is 12.0. The number of methoxy groups -OCH3 is 1. The maximum atomic E-state index is 12.2. The molecule has 0 saturated heterocycles. The van der Waals surface area contributed by atoms with Crippen LogP contribution < -0.4 is 14.8 Å². The number of carbonyl (C=O) groups is 1. The average Bonchev–Trinajstić information content (AvgIpc) is 3.27. The van der Waals surface area contributed by atoms with Crippen LogP contribution in [0, 0.1) is 0 Å². The van der Waals surface area contributed by atoms with E-state index in [0.29, 0.717) is 13.0 Å². The molecule has 3 aromatic rings. The van der Waals surface area contributed by atoms with Crippen LogP contribution in [0.1, 0.15) is 16.7 Å². The third-order valence-corrected chi connectivity index (χ3v) is 4.82. The van der Waals surface area contributed by atoms with Gasteiger partial charge in [-0.3, -0.25) is 4.79 Å². The molecule has 0 radical (unpaired) electrons. The monoisotopic (exact) mass is 350 g/mol. The Kier molecular flexibility index (Phi) is 4.52. The van der Waals surface area contributed by atoms with Crippen LogP contribution in [0.5, 0.6) is 11.5 Å². The first-order valence-electron chi connectivity index (χ1n) is 8.88. The van der Waals surface area contributed by atoms with Crippen molar-refractivity contribution in [2.75, 3.05) is 20.3 Å². The largest absolute Gasteiger partial charge is 0.497 e. The van der Waals surface area contributed by atoms with Gasteiger partial charge < -0.3 is 19.8 Å². The van der Waals surface area contributed by atoms with E-state index in [-0.39, 0.29) is 5.91 Å². The molecule has 1 amide bonds. The Balaban J connectivity index is 1.34. The number of fused-ring (bicyclic) bond motifs is 2. The number of hydrogen-bond donors (Lipinski definition) is 2. The van der Waals surface area contributed by atoms with Crippen LogP contribution >= 0.6 is 0 Å². The summed E-state index contributed by atoms with van der Waals surface area (Å²) in [6.45, 7) is 1.34. The molecule has 0 atom stereocenters. The molecule has 5 nitrogen and oxygen atoms in total. The number of benzene rings is 2. The SMILES string of the molecule is COc1ccc2[nH]cc(CCNC(=O)Cc3ccc4c(c3)OCC4)c2c1. The van der Waals surface area contributed by atoms with Gasteiger partial charge in [-0.25, -0.2) is 0 Å². The highest BCUT2D eigenvalue weighted by Crippen LogP contribution is 2.26. The molecule has 1 aromatic heterocycles. The second kappa shape index (κ2) is 7.12. The van der Waals surface area contributed by atoms with Gasteiger partial charge in [-0.05, 0) is 47.4 Å². The number of amides is 1. The summed E-state index contributed by atoms with van der Waals surface area (Å²) in [6.07, 6.45) is 4.09. The second-order valence-corrected chi connectivity index (χ2v) is 6.54. The van der Waals surface area contributed by atoms with Crippen molar-refractivity contribution in [1.82, 2.24) is 10.3 Å². The summed E-state index contributed by atoms with van der Waals surface area (Å²) in [5.41, 5.74) is 4.46. The maximum Gasteiger partial charge on any atom is 0.224 e. The van der Waals surface area contributed by atoms with Gasteiger partial charge in [-0.1, -0.05) is 12.1 Å². The number of nitrogens with one attached hydrogen (secondary N) is 2. The van der Waals surface area contributed by atoms with Crippen molar-refractivity contribution in [3.05, 3.63) is 59.3 Å². The van der Waals surface area contributed by atoms with Crippen LogP contribution in [-0.2, 0) is 24.1 Å². The fourth-order valence-corrected chi connectivity index (χ4v) is 3.40. The highest BCUT2D eigenvalue weighted by Gasteiger charge is 2.13. The quantitative estimate of drug-likeness (QED) is 0.718. The lowest BCUT2D eigenvalue weighted by Gasteiger charge is -2.07. The van der Waals surface area contributed by atoms with Gasteiger partial charge >= 0.3 is 0 Å². The van der Waals surface area contributed by atoms with E-state index in [1.54, 1.807) is 7.11 Å². The summed E-state index contributed by atoms with van der Waals surface area (Å²) in [5, 5.41) is 4.14. The molecule has 26 heavy (non-hydrogen) atoms. The van der Waals surface area contributed by atoms with Gasteiger partial charge in [0.1, 0.15) is 11.5 Å². The standard InChI is InChI=1S/C21H22N2O3/c1-25-17-4-5-19-18(12-17)16(13-23-19)6-8-22-21(24)11-14-2-3-15-7-9-26-20(15)10-14/h2-5,10,12-13,23H,6-9,11H2,1H3,(H,22,24). The van der Waals surface area contributed by atoms with Crippen LogP contribution in [-0.4, -0.2) is 31.2 Å². The van der Waals surface area contributed by atoms with Crippen molar-refractivity contribution in [3.8, 4) is 11.5 Å². The van der Waals surface area contributed by atoms with E-state index in [0.717, 1.165) is 47.4 Å². The van der Waals surface area contributed by atoms with Gasteiger partial charge in [0.25, 0.3) is 0 Å². The number of hydrogen-bond acceptors (Lipinski definition) is 3. The van der Waals surface area contributed by atoms with E-state index in [9.17, 15) is 4.79 Å². The Labute approximate surface area is 152 Å². The maximum absolute atomic E-state index is 12.2. The molecule has 0 bridgehead atoms. The van der Waals surface area contributed by atoms with Crippen molar-refractivity contribution in [1.29, 1.82) is 0 Å². The molecule has 2 heterocycles. The fourth-order valence-electron chi connectivity index (χ4n) is 3.40. The van der Waals surface area contributed by atoms with Gasteiger partial charge in [-0.15, -0.1) is 0 Å². The van der Waals surface area contributed by atoms with Gasteiger partial charge in [-0.2, -0.15) is 0 Å². The smallest absolute Gasteiger partial charge is 0.224 e. The average molecular weight is 350 g/mol. The summed E-state index contributed by atoms with van der Waals surface area (Å²) >= 11 is 0. The molecule has 0 unspecified atom stereocenters. The van der Waals surface area contributed by atoms with Crippen molar-refractivity contribution < 1.29 is 14.3 Å². The number of ether oxygens (including phenoxy) is 2. The van der Waals surface area contributed by atoms with E-state index in [1.807, 2.05) is 36.5 Å². The highest BCUT2D eigenvalue weighted by atomic mass is 16.5. The summed E-state index contributed by atoms with van der Waals surface area (Å²) < 4.78 is 10.9. The Morgan fingerprint density at radius 3 is 3.08 bits per heavy atom. The molecular weight excluding hydrogens is 328 g/mol. The van der Waals surface area contributed by atoms with E-state index in [2.05, 4.69) is 16.4 Å². The summed E-state index contributed by atoms with van der Waals surface area (Å²) in [4.78, 5) is 15.5. The Bertz CT molecular complexity index is 946. The number of aromatic amines is 1. The molecule has 2 aromatic carbocycles. The normalized spacial score (nSPS) is 12.7. The zero-order valence-electron chi connectivity index (χ0n) is 14.8. The van der Waals surface area contributed by atoms with Crippen LogP contribution in [0.4, 0.5) is 0 Å². The van der Waals surface area contributed by atoms with Gasteiger partial charge in [0, 0.05) is 30.1 Å². The molecule has 4 rings (SSSR count). The lowest BCUT2D eigenvalue weighted by Crippen LogP contribution is -2.27. The van der Waals surface area contributed by atoms with Crippen LogP contribution in [0.2, 0.25) is 0 Å². The molecule has 1 aliphatic heterocycles. The third kappa shape index (κ3) is 3.38. The molecule has 134 valence electrons. The summed E-state index contributed by atoms with van der Waals surface area (Å²) in [7, 11) is 1.66. The van der Waals surface area contributed by atoms with Crippen molar-refractivity contribution in [2.24, 2.45) is 0 Å². The third-order valence-electron chi connectivity index (χ3n) is 4.82. The molecule has 5 heteroatoms. The van der Waals surface area contributed by atoms with Crippen molar-refractivity contribution >= 4 is 16.8 Å². The Morgan fingerprint density at radius 2 is 2.19 bits per heavy atom. The van der Waals surface area contributed by atoms with Gasteiger partial charge in [0.2, 0.25) is 5.91 Å². The number of H-pyrrole nitrogens is 1. The molecule has 0 saturated carbocycles. The molecule has 2 N–H and O–H groups in total. The van der Waals surface area contributed by atoms with Crippen LogP contribution in [0.15, 0.2) is 42.6 Å². The number of rotatable bonds is 6. The molecule has 0 fully saturated rings. The topological polar surface area (TPSA) is 63.3 Å². The second-order valence-electron chi connectivity index (χ2n) is 6.54. The molecule has 0 spiro atoms. The predicted octanol–water partition coefficient (Wildman–Crippen LogP) is 3.01. The van der Waals surface area contributed by atoms with Crippen molar-refractivity contribution in [2.45, 2.75) is 19.3 Å². The fraction of sp³-hybridized carbons (Fsp3) is 0.286. The van der Waals surface area contributed by atoms with E-state index >= 15 is 0 Å². The first-order chi connectivity index (χ1) is 12.7. The highest BCUT2D eigenvalue weighted by molar-refractivity contribution is 5.85.